The van der Waals surface area contributed by atoms with E-state index in [1.54, 1.807) is 41.3 Å². The van der Waals surface area contributed by atoms with Gasteiger partial charge in [0, 0.05) is 23.7 Å². The standard InChI is InChI=1S/C32H34FN3O5S/c1-20-7-10-24(11-8-20)42(38,39)36-28(22-14-16-35(21(2)17-22)31(37)41-32(3,4)5)19-27-25(13-15-34-30(27)36)26-18-23(33)9-12-29(26)40-6/h7-13,15,17-19,21H,14,16H2,1-6H3. The van der Waals surface area contributed by atoms with Gasteiger partial charge < -0.3 is 14.4 Å². The van der Waals surface area contributed by atoms with E-state index in [-0.39, 0.29) is 16.6 Å². The number of hydrogen-bond donors (Lipinski definition) is 0. The largest absolute Gasteiger partial charge is 0.496 e. The fourth-order valence-electron chi connectivity index (χ4n) is 5.18. The molecular weight excluding hydrogens is 557 g/mol. The van der Waals surface area contributed by atoms with E-state index in [1.807, 2.05) is 40.7 Å². The first-order valence-corrected chi connectivity index (χ1v) is 15.1. The summed E-state index contributed by atoms with van der Waals surface area (Å²) in [6.07, 6.45) is 3.35. The molecule has 5 rings (SSSR count). The van der Waals surface area contributed by atoms with Crippen LogP contribution in [0.25, 0.3) is 27.7 Å². The molecule has 4 aromatic rings. The van der Waals surface area contributed by atoms with Crippen molar-refractivity contribution in [3.05, 3.63) is 83.9 Å². The number of carbonyl (C=O) groups is 1. The van der Waals surface area contributed by atoms with Crippen LogP contribution in [0.4, 0.5) is 9.18 Å². The van der Waals surface area contributed by atoms with Crippen LogP contribution in [0, 0.1) is 12.7 Å². The van der Waals surface area contributed by atoms with Gasteiger partial charge in [0.1, 0.15) is 17.2 Å². The molecule has 0 spiro atoms. The molecule has 1 atom stereocenters. The molecule has 0 N–H and O–H groups in total. The minimum atomic E-state index is -4.11. The summed E-state index contributed by atoms with van der Waals surface area (Å²) in [5.74, 6) is -0.00755. The second-order valence-corrected chi connectivity index (χ2v) is 13.2. The Balaban J connectivity index is 1.73. The third-order valence-corrected chi connectivity index (χ3v) is 8.90. The van der Waals surface area contributed by atoms with Gasteiger partial charge in [-0.1, -0.05) is 23.8 Å². The number of rotatable bonds is 5. The van der Waals surface area contributed by atoms with Crippen molar-refractivity contribution in [1.29, 1.82) is 0 Å². The number of halogens is 1. The summed E-state index contributed by atoms with van der Waals surface area (Å²) < 4.78 is 55.3. The summed E-state index contributed by atoms with van der Waals surface area (Å²) in [4.78, 5) is 19.1. The molecule has 1 aliphatic rings. The third-order valence-electron chi connectivity index (χ3n) is 7.19. The van der Waals surface area contributed by atoms with Crippen LogP contribution in [0.5, 0.6) is 5.75 Å². The number of fused-ring (bicyclic) bond motifs is 1. The molecule has 10 heteroatoms. The molecule has 3 heterocycles. The molecule has 1 unspecified atom stereocenters. The Morgan fingerprint density at radius 2 is 1.76 bits per heavy atom. The van der Waals surface area contributed by atoms with Gasteiger partial charge >= 0.3 is 6.09 Å². The highest BCUT2D eigenvalue weighted by Gasteiger charge is 2.32. The smallest absolute Gasteiger partial charge is 0.410 e. The number of methoxy groups -OCH3 is 1. The topological polar surface area (TPSA) is 90.7 Å². The number of aromatic nitrogens is 2. The molecule has 0 fully saturated rings. The van der Waals surface area contributed by atoms with Gasteiger partial charge in [-0.2, -0.15) is 0 Å². The van der Waals surface area contributed by atoms with E-state index in [0.29, 0.717) is 40.9 Å². The molecule has 0 saturated heterocycles. The predicted octanol–water partition coefficient (Wildman–Crippen LogP) is 6.81. The van der Waals surface area contributed by atoms with Crippen LogP contribution in [0.1, 0.15) is 45.4 Å². The van der Waals surface area contributed by atoms with Crippen LogP contribution in [0.2, 0.25) is 0 Å². The maximum Gasteiger partial charge on any atom is 0.410 e. The van der Waals surface area contributed by atoms with E-state index >= 15 is 0 Å². The third kappa shape index (κ3) is 5.51. The van der Waals surface area contributed by atoms with Gasteiger partial charge in [0.25, 0.3) is 10.0 Å². The fraction of sp³-hybridized carbons (Fsp3) is 0.312. The van der Waals surface area contributed by atoms with Gasteiger partial charge in [-0.3, -0.25) is 0 Å². The molecule has 42 heavy (non-hydrogen) atoms. The van der Waals surface area contributed by atoms with Crippen molar-refractivity contribution in [3.63, 3.8) is 0 Å². The minimum Gasteiger partial charge on any atom is -0.496 e. The molecule has 0 radical (unpaired) electrons. The Morgan fingerprint density at radius 3 is 2.40 bits per heavy atom. The van der Waals surface area contributed by atoms with Crippen molar-refractivity contribution in [2.75, 3.05) is 13.7 Å². The molecule has 8 nitrogen and oxygen atoms in total. The number of hydrogen-bond acceptors (Lipinski definition) is 6. The normalized spacial score (nSPS) is 15.9. The summed E-state index contributed by atoms with van der Waals surface area (Å²) >= 11 is 0. The lowest BCUT2D eigenvalue weighted by Gasteiger charge is -2.34. The van der Waals surface area contributed by atoms with Crippen LogP contribution in [0.3, 0.4) is 0 Å². The molecule has 2 aromatic heterocycles. The van der Waals surface area contributed by atoms with Crippen LogP contribution in [-0.2, 0) is 14.8 Å². The average Bonchev–Trinajstić information content (AvgIpc) is 3.33. The highest BCUT2D eigenvalue weighted by atomic mass is 32.2. The predicted molar refractivity (Wildman–Crippen MR) is 160 cm³/mol. The van der Waals surface area contributed by atoms with Crippen LogP contribution in [0.15, 0.2) is 71.8 Å². The second kappa shape index (κ2) is 10.9. The van der Waals surface area contributed by atoms with Crippen molar-refractivity contribution >= 4 is 32.7 Å². The first-order valence-electron chi connectivity index (χ1n) is 13.7. The van der Waals surface area contributed by atoms with Crippen molar-refractivity contribution in [2.45, 2.75) is 57.6 Å². The number of ether oxygens (including phenoxy) is 2. The van der Waals surface area contributed by atoms with Crippen molar-refractivity contribution < 1.29 is 27.1 Å². The van der Waals surface area contributed by atoms with E-state index < -0.39 is 27.5 Å². The lowest BCUT2D eigenvalue weighted by Crippen LogP contribution is -2.43. The lowest BCUT2D eigenvalue weighted by atomic mass is 9.99. The first kappa shape index (κ1) is 29.3. The van der Waals surface area contributed by atoms with E-state index in [1.165, 1.54) is 35.5 Å². The van der Waals surface area contributed by atoms with Gasteiger partial charge in [-0.05, 0) is 94.6 Å². The summed E-state index contributed by atoms with van der Waals surface area (Å²) in [6, 6.07) is 14.0. The molecule has 2 aromatic carbocycles. The maximum absolute atomic E-state index is 14.4. The van der Waals surface area contributed by atoms with E-state index in [9.17, 15) is 17.6 Å². The molecule has 0 saturated carbocycles. The molecule has 0 bridgehead atoms. The Kier molecular flexibility index (Phi) is 7.61. The van der Waals surface area contributed by atoms with Gasteiger partial charge in [0.05, 0.1) is 23.7 Å². The number of nitrogens with zero attached hydrogens (tertiary/aromatic N) is 3. The summed E-state index contributed by atoms with van der Waals surface area (Å²) in [7, 11) is -2.61. The lowest BCUT2D eigenvalue weighted by molar-refractivity contribution is 0.0209. The zero-order valence-electron chi connectivity index (χ0n) is 24.5. The fourth-order valence-corrected chi connectivity index (χ4v) is 6.68. The number of aryl methyl sites for hydroxylation is 1. The molecule has 1 aliphatic heterocycles. The van der Waals surface area contributed by atoms with Crippen LogP contribution < -0.4 is 4.74 Å². The monoisotopic (exact) mass is 591 g/mol. The van der Waals surface area contributed by atoms with Crippen LogP contribution >= 0.6 is 0 Å². The zero-order valence-corrected chi connectivity index (χ0v) is 25.3. The first-order chi connectivity index (χ1) is 19.8. The Hall–Kier alpha value is -4.18. The van der Waals surface area contributed by atoms with Gasteiger partial charge in [-0.15, -0.1) is 0 Å². The van der Waals surface area contributed by atoms with Crippen molar-refractivity contribution in [2.24, 2.45) is 0 Å². The second-order valence-electron chi connectivity index (χ2n) is 11.4. The highest BCUT2D eigenvalue weighted by Crippen LogP contribution is 2.40. The molecule has 1 amide bonds. The Labute approximate surface area is 245 Å². The van der Waals surface area contributed by atoms with Crippen molar-refractivity contribution in [3.8, 4) is 16.9 Å². The Bertz CT molecular complexity index is 1800. The van der Waals surface area contributed by atoms with E-state index in [2.05, 4.69) is 4.98 Å². The summed E-state index contributed by atoms with van der Waals surface area (Å²) in [5.41, 5.74) is 2.72. The van der Waals surface area contributed by atoms with Gasteiger partial charge in [0.2, 0.25) is 0 Å². The van der Waals surface area contributed by atoms with Crippen molar-refractivity contribution in [1.82, 2.24) is 13.9 Å². The minimum absolute atomic E-state index is 0.113. The van der Waals surface area contributed by atoms with Crippen LogP contribution in [-0.4, -0.2) is 53.7 Å². The molecule has 0 aliphatic carbocycles. The van der Waals surface area contributed by atoms with Gasteiger partial charge in [-0.25, -0.2) is 26.6 Å². The number of benzene rings is 2. The van der Waals surface area contributed by atoms with E-state index in [4.69, 9.17) is 9.47 Å². The average molecular weight is 592 g/mol. The number of pyridine rings is 1. The summed E-state index contributed by atoms with van der Waals surface area (Å²) in [6.45, 7) is 9.53. The van der Waals surface area contributed by atoms with E-state index in [0.717, 1.165) is 11.1 Å². The number of amides is 1. The highest BCUT2D eigenvalue weighted by molar-refractivity contribution is 7.90. The maximum atomic E-state index is 14.4. The summed E-state index contributed by atoms with van der Waals surface area (Å²) in [5, 5.41) is 0.523. The quantitative estimate of drug-likeness (QED) is 0.253. The molecular formula is C32H34FN3O5S. The SMILES string of the molecule is COc1ccc(F)cc1-c1ccnc2c1cc(C1=CC(C)N(C(=O)OC(C)(C)C)CC1)n2S(=O)(=O)c1ccc(C)cc1. The molecule has 220 valence electrons. The Morgan fingerprint density at radius 1 is 1.05 bits per heavy atom. The zero-order chi connectivity index (χ0) is 30.4. The van der Waals surface area contributed by atoms with Gasteiger partial charge in [0.15, 0.2) is 5.65 Å². The number of carbonyl (C=O) groups excluding carboxylic acids is 1.